The third-order valence-electron chi connectivity index (χ3n) is 4.20. The van der Waals surface area contributed by atoms with E-state index in [0.29, 0.717) is 24.1 Å². The van der Waals surface area contributed by atoms with Crippen molar-refractivity contribution in [3.63, 3.8) is 0 Å². The first-order valence-corrected chi connectivity index (χ1v) is 8.53. The molecule has 1 aromatic heterocycles. The van der Waals surface area contributed by atoms with Crippen LogP contribution in [0.3, 0.4) is 0 Å². The molecule has 0 aliphatic heterocycles. The van der Waals surface area contributed by atoms with Crippen LogP contribution in [0.2, 0.25) is 0 Å². The topological polar surface area (TPSA) is 84.2 Å². The fourth-order valence-electron chi connectivity index (χ4n) is 2.43. The Morgan fingerprint density at radius 2 is 1.88 bits per heavy atom. The first-order valence-electron chi connectivity index (χ1n) is 8.53. The van der Waals surface area contributed by atoms with Crippen molar-refractivity contribution in [1.82, 2.24) is 10.5 Å². The lowest BCUT2D eigenvalue weighted by Crippen LogP contribution is -2.31. The van der Waals surface area contributed by atoms with E-state index in [2.05, 4.69) is 15.8 Å². The number of carbonyl (C=O) groups is 2. The standard InChI is InChI=1S/C19H25N3O3/c1-5-12(2)20-19(24)15-6-8-16(9-7-15)21-18(23)11-10-17-13(3)22-25-14(17)4/h6-9,12H,5,10-11H2,1-4H3,(H,20,24)(H,21,23)/t12-/m1/s1. The van der Waals surface area contributed by atoms with Gasteiger partial charge in [-0.3, -0.25) is 9.59 Å². The molecular weight excluding hydrogens is 318 g/mol. The minimum Gasteiger partial charge on any atom is -0.361 e. The lowest BCUT2D eigenvalue weighted by molar-refractivity contribution is -0.116. The molecule has 2 amide bonds. The second-order valence-electron chi connectivity index (χ2n) is 6.21. The van der Waals surface area contributed by atoms with Crippen molar-refractivity contribution < 1.29 is 14.1 Å². The average molecular weight is 343 g/mol. The Labute approximate surface area is 148 Å². The molecule has 1 atom stereocenters. The molecule has 0 unspecified atom stereocenters. The second-order valence-corrected chi connectivity index (χ2v) is 6.21. The van der Waals surface area contributed by atoms with Crippen LogP contribution in [0, 0.1) is 13.8 Å². The third-order valence-corrected chi connectivity index (χ3v) is 4.20. The smallest absolute Gasteiger partial charge is 0.251 e. The first kappa shape index (κ1) is 18.7. The van der Waals surface area contributed by atoms with Gasteiger partial charge < -0.3 is 15.2 Å². The van der Waals surface area contributed by atoms with E-state index in [0.717, 1.165) is 23.4 Å². The summed E-state index contributed by atoms with van der Waals surface area (Å²) in [4.78, 5) is 24.1. The summed E-state index contributed by atoms with van der Waals surface area (Å²) in [6, 6.07) is 7.03. The lowest BCUT2D eigenvalue weighted by atomic mass is 10.1. The van der Waals surface area contributed by atoms with Crippen LogP contribution in [0.5, 0.6) is 0 Å². The fraction of sp³-hybridized carbons (Fsp3) is 0.421. The van der Waals surface area contributed by atoms with Crippen LogP contribution >= 0.6 is 0 Å². The van der Waals surface area contributed by atoms with Crippen molar-refractivity contribution in [3.05, 3.63) is 46.8 Å². The van der Waals surface area contributed by atoms with Crippen LogP contribution < -0.4 is 10.6 Å². The van der Waals surface area contributed by atoms with Crippen molar-refractivity contribution in [2.24, 2.45) is 0 Å². The van der Waals surface area contributed by atoms with Crippen molar-refractivity contribution in [3.8, 4) is 0 Å². The fourth-order valence-corrected chi connectivity index (χ4v) is 2.43. The molecule has 134 valence electrons. The normalized spacial score (nSPS) is 11.8. The summed E-state index contributed by atoms with van der Waals surface area (Å²) in [5.41, 5.74) is 3.05. The quantitative estimate of drug-likeness (QED) is 0.807. The maximum absolute atomic E-state index is 12.1. The summed E-state index contributed by atoms with van der Waals surface area (Å²) in [6.07, 6.45) is 1.81. The molecule has 25 heavy (non-hydrogen) atoms. The molecule has 0 aliphatic carbocycles. The number of aryl methyl sites for hydroxylation is 2. The van der Waals surface area contributed by atoms with Gasteiger partial charge in [-0.15, -0.1) is 0 Å². The first-order chi connectivity index (χ1) is 11.9. The van der Waals surface area contributed by atoms with Gasteiger partial charge in [0.1, 0.15) is 5.76 Å². The highest BCUT2D eigenvalue weighted by atomic mass is 16.5. The number of rotatable bonds is 7. The Kier molecular flexibility index (Phi) is 6.33. The second kappa shape index (κ2) is 8.46. The van der Waals surface area contributed by atoms with Crippen molar-refractivity contribution >= 4 is 17.5 Å². The monoisotopic (exact) mass is 343 g/mol. The zero-order chi connectivity index (χ0) is 18.4. The minimum atomic E-state index is -0.106. The molecular formula is C19H25N3O3. The van der Waals surface area contributed by atoms with E-state index in [9.17, 15) is 9.59 Å². The van der Waals surface area contributed by atoms with Crippen molar-refractivity contribution in [2.45, 2.75) is 53.0 Å². The number of benzene rings is 1. The Hall–Kier alpha value is -2.63. The molecule has 1 aromatic carbocycles. The molecule has 0 bridgehead atoms. The predicted octanol–water partition coefficient (Wildman–Crippen LogP) is 3.39. The SMILES string of the molecule is CC[C@@H](C)NC(=O)c1ccc(NC(=O)CCc2c(C)noc2C)cc1. The number of amides is 2. The van der Waals surface area contributed by atoms with Gasteiger partial charge >= 0.3 is 0 Å². The van der Waals surface area contributed by atoms with Gasteiger partial charge in [0.25, 0.3) is 5.91 Å². The largest absolute Gasteiger partial charge is 0.361 e. The van der Waals surface area contributed by atoms with Crippen molar-refractivity contribution in [1.29, 1.82) is 0 Å². The van der Waals surface area contributed by atoms with Crippen molar-refractivity contribution in [2.75, 3.05) is 5.32 Å². The highest BCUT2D eigenvalue weighted by Gasteiger charge is 2.12. The summed E-state index contributed by atoms with van der Waals surface area (Å²) in [5.74, 6) is 0.560. The van der Waals surface area contributed by atoms with Gasteiger partial charge in [0, 0.05) is 29.3 Å². The van der Waals surface area contributed by atoms with E-state index in [4.69, 9.17) is 4.52 Å². The van der Waals surface area contributed by atoms with Crippen LogP contribution in [0.15, 0.2) is 28.8 Å². The molecule has 2 rings (SSSR count). The van der Waals surface area contributed by atoms with Crippen LogP contribution in [0.25, 0.3) is 0 Å². The Bertz CT molecular complexity index is 715. The van der Waals surface area contributed by atoms with E-state index < -0.39 is 0 Å². The summed E-state index contributed by atoms with van der Waals surface area (Å²) >= 11 is 0. The summed E-state index contributed by atoms with van der Waals surface area (Å²) < 4.78 is 5.10. The number of anilines is 1. The zero-order valence-corrected chi connectivity index (χ0v) is 15.2. The van der Waals surface area contributed by atoms with E-state index in [1.165, 1.54) is 0 Å². The molecule has 6 nitrogen and oxygen atoms in total. The molecule has 2 aromatic rings. The third kappa shape index (κ3) is 5.17. The zero-order valence-electron chi connectivity index (χ0n) is 15.2. The predicted molar refractivity (Wildman–Crippen MR) is 96.6 cm³/mol. The maximum atomic E-state index is 12.1. The Morgan fingerprint density at radius 3 is 2.44 bits per heavy atom. The van der Waals surface area contributed by atoms with Crippen LogP contribution in [0.1, 0.15) is 54.1 Å². The molecule has 6 heteroatoms. The number of aromatic nitrogens is 1. The summed E-state index contributed by atoms with van der Waals surface area (Å²) in [7, 11) is 0. The number of hydrogen-bond acceptors (Lipinski definition) is 4. The number of nitrogens with zero attached hydrogens (tertiary/aromatic N) is 1. The van der Waals surface area contributed by atoms with Gasteiger partial charge in [-0.2, -0.15) is 0 Å². The number of nitrogens with one attached hydrogen (secondary N) is 2. The molecule has 0 saturated carbocycles. The number of hydrogen-bond donors (Lipinski definition) is 2. The van der Waals surface area contributed by atoms with Crippen LogP contribution in [-0.2, 0) is 11.2 Å². The molecule has 0 saturated heterocycles. The molecule has 0 radical (unpaired) electrons. The van der Waals surface area contributed by atoms with Crippen LogP contribution in [-0.4, -0.2) is 23.0 Å². The van der Waals surface area contributed by atoms with Gasteiger partial charge in [0.15, 0.2) is 0 Å². The molecule has 1 heterocycles. The number of carbonyl (C=O) groups excluding carboxylic acids is 2. The summed E-state index contributed by atoms with van der Waals surface area (Å²) in [5, 5.41) is 9.64. The molecule has 0 aliphatic rings. The molecule has 0 spiro atoms. The summed E-state index contributed by atoms with van der Waals surface area (Å²) in [6.45, 7) is 7.70. The average Bonchev–Trinajstić information content (AvgIpc) is 2.91. The Balaban J connectivity index is 1.88. The van der Waals surface area contributed by atoms with Crippen LogP contribution in [0.4, 0.5) is 5.69 Å². The van der Waals surface area contributed by atoms with E-state index >= 15 is 0 Å². The maximum Gasteiger partial charge on any atom is 0.251 e. The highest BCUT2D eigenvalue weighted by molar-refractivity contribution is 5.96. The van der Waals surface area contributed by atoms with Gasteiger partial charge in [-0.1, -0.05) is 12.1 Å². The molecule has 2 N–H and O–H groups in total. The van der Waals surface area contributed by atoms with Gasteiger partial charge in [0.05, 0.1) is 5.69 Å². The van der Waals surface area contributed by atoms with E-state index in [-0.39, 0.29) is 17.9 Å². The van der Waals surface area contributed by atoms with Gasteiger partial charge in [-0.25, -0.2) is 0 Å². The van der Waals surface area contributed by atoms with E-state index in [1.54, 1.807) is 24.3 Å². The molecule has 0 fully saturated rings. The highest BCUT2D eigenvalue weighted by Crippen LogP contribution is 2.15. The Morgan fingerprint density at radius 1 is 1.20 bits per heavy atom. The van der Waals surface area contributed by atoms with Gasteiger partial charge in [0.2, 0.25) is 5.91 Å². The lowest BCUT2D eigenvalue weighted by Gasteiger charge is -2.11. The van der Waals surface area contributed by atoms with E-state index in [1.807, 2.05) is 27.7 Å². The van der Waals surface area contributed by atoms with Gasteiger partial charge in [-0.05, 0) is 57.9 Å². The minimum absolute atomic E-state index is 0.0863.